The number of nitrogens with zero attached hydrogens (tertiary/aromatic N) is 1. The van der Waals surface area contributed by atoms with E-state index in [1.54, 1.807) is 0 Å². The predicted molar refractivity (Wildman–Crippen MR) is 87.8 cm³/mol. The van der Waals surface area contributed by atoms with Gasteiger partial charge in [0.05, 0.1) is 6.61 Å². The molecule has 0 aromatic heterocycles. The first-order valence-corrected chi connectivity index (χ1v) is 8.56. The zero-order valence-corrected chi connectivity index (χ0v) is 14.0. The van der Waals surface area contributed by atoms with Gasteiger partial charge in [0, 0.05) is 24.4 Å². The molecular weight excluding hydrogens is 290 g/mol. The molecule has 1 saturated heterocycles. The fourth-order valence-electron chi connectivity index (χ4n) is 4.24. The highest BCUT2D eigenvalue weighted by molar-refractivity contribution is 5.88. The summed E-state index contributed by atoms with van der Waals surface area (Å²) in [6.07, 6.45) is 3.12. The molecule has 0 bridgehead atoms. The Kier molecular flexibility index (Phi) is 4.53. The molecule has 0 spiro atoms. The molecule has 3 rings (SSSR count). The molecule has 2 aliphatic rings. The maximum atomic E-state index is 12.5. The van der Waals surface area contributed by atoms with Gasteiger partial charge in [0.25, 0.3) is 0 Å². The van der Waals surface area contributed by atoms with Gasteiger partial charge in [-0.3, -0.25) is 14.5 Å². The van der Waals surface area contributed by atoms with Crippen molar-refractivity contribution in [1.82, 2.24) is 4.90 Å². The molecule has 2 fully saturated rings. The van der Waals surface area contributed by atoms with Gasteiger partial charge < -0.3 is 4.74 Å². The number of benzene rings is 1. The van der Waals surface area contributed by atoms with E-state index in [1.807, 2.05) is 32.0 Å². The van der Waals surface area contributed by atoms with Gasteiger partial charge in [-0.25, -0.2) is 0 Å². The van der Waals surface area contributed by atoms with Gasteiger partial charge in [-0.1, -0.05) is 37.3 Å². The molecule has 1 aliphatic heterocycles. The lowest BCUT2D eigenvalue weighted by molar-refractivity contribution is -0.149. The molecule has 124 valence electrons. The van der Waals surface area contributed by atoms with Crippen molar-refractivity contribution in [3.8, 4) is 0 Å². The molecule has 1 saturated carbocycles. The van der Waals surface area contributed by atoms with E-state index in [-0.39, 0.29) is 18.1 Å². The number of esters is 1. The van der Waals surface area contributed by atoms with Crippen LogP contribution >= 0.6 is 0 Å². The maximum Gasteiger partial charge on any atom is 0.323 e. The number of fused-ring (bicyclic) bond motifs is 1. The third kappa shape index (κ3) is 2.92. The van der Waals surface area contributed by atoms with Crippen LogP contribution in [0.15, 0.2) is 30.3 Å². The Labute approximate surface area is 137 Å². The fraction of sp³-hybridized carbons (Fsp3) is 0.579. The van der Waals surface area contributed by atoms with Crippen LogP contribution in [-0.4, -0.2) is 35.3 Å². The van der Waals surface area contributed by atoms with Crippen LogP contribution < -0.4 is 0 Å². The number of ether oxygens (including phenoxy) is 1. The number of hydrogen-bond acceptors (Lipinski definition) is 4. The van der Waals surface area contributed by atoms with Crippen LogP contribution in [0.1, 0.15) is 45.1 Å². The second kappa shape index (κ2) is 6.44. The monoisotopic (exact) mass is 315 g/mol. The van der Waals surface area contributed by atoms with Crippen LogP contribution in [0, 0.1) is 5.41 Å². The van der Waals surface area contributed by atoms with Gasteiger partial charge in [0.1, 0.15) is 11.8 Å². The van der Waals surface area contributed by atoms with Crippen LogP contribution in [0.3, 0.4) is 0 Å². The van der Waals surface area contributed by atoms with E-state index >= 15 is 0 Å². The van der Waals surface area contributed by atoms with E-state index in [1.165, 1.54) is 5.56 Å². The zero-order valence-electron chi connectivity index (χ0n) is 14.0. The topological polar surface area (TPSA) is 46.6 Å². The third-order valence-electron chi connectivity index (χ3n) is 5.44. The minimum absolute atomic E-state index is 0.137. The smallest absolute Gasteiger partial charge is 0.323 e. The van der Waals surface area contributed by atoms with Gasteiger partial charge in [-0.05, 0) is 31.7 Å². The van der Waals surface area contributed by atoms with Crippen molar-refractivity contribution in [2.45, 2.75) is 58.2 Å². The van der Waals surface area contributed by atoms with E-state index in [2.05, 4.69) is 17.0 Å². The van der Waals surface area contributed by atoms with Gasteiger partial charge in [-0.15, -0.1) is 0 Å². The number of hydrogen-bond donors (Lipinski definition) is 0. The van der Waals surface area contributed by atoms with E-state index in [0.717, 1.165) is 12.8 Å². The Morgan fingerprint density at radius 1 is 1.35 bits per heavy atom. The molecule has 1 aromatic rings. The van der Waals surface area contributed by atoms with Crippen LogP contribution in [0.4, 0.5) is 0 Å². The number of Topliss-reactive ketones (excluding diaryl/α,β-unsaturated/α-hetero) is 1. The lowest BCUT2D eigenvalue weighted by atomic mass is 9.70. The number of ketones is 1. The summed E-state index contributed by atoms with van der Waals surface area (Å²) in [5.41, 5.74) is 0.758. The second-order valence-corrected chi connectivity index (χ2v) is 6.88. The van der Waals surface area contributed by atoms with Crippen molar-refractivity contribution in [1.29, 1.82) is 0 Å². The molecule has 1 aliphatic carbocycles. The van der Waals surface area contributed by atoms with E-state index in [9.17, 15) is 9.59 Å². The highest BCUT2D eigenvalue weighted by Gasteiger charge is 2.56. The summed E-state index contributed by atoms with van der Waals surface area (Å²) in [4.78, 5) is 27.2. The molecule has 1 aromatic carbocycles. The summed E-state index contributed by atoms with van der Waals surface area (Å²) in [6.45, 7) is 4.94. The van der Waals surface area contributed by atoms with E-state index in [4.69, 9.17) is 4.74 Å². The molecule has 0 N–H and O–H groups in total. The van der Waals surface area contributed by atoms with Gasteiger partial charge in [0.2, 0.25) is 0 Å². The lowest BCUT2D eigenvalue weighted by Crippen LogP contribution is -2.47. The fourth-order valence-corrected chi connectivity index (χ4v) is 4.24. The third-order valence-corrected chi connectivity index (χ3v) is 5.44. The highest BCUT2D eigenvalue weighted by Crippen LogP contribution is 2.48. The molecule has 1 heterocycles. The summed E-state index contributed by atoms with van der Waals surface area (Å²) in [7, 11) is 0. The predicted octanol–water partition coefficient (Wildman–Crippen LogP) is 2.95. The second-order valence-electron chi connectivity index (χ2n) is 6.88. The molecular formula is C19H25NO3. The van der Waals surface area contributed by atoms with E-state index in [0.29, 0.717) is 31.8 Å². The van der Waals surface area contributed by atoms with Crippen molar-refractivity contribution in [2.24, 2.45) is 5.41 Å². The largest absolute Gasteiger partial charge is 0.465 e. The zero-order chi connectivity index (χ0) is 16.4. The Balaban J connectivity index is 1.90. The van der Waals surface area contributed by atoms with Gasteiger partial charge in [-0.2, -0.15) is 0 Å². The maximum absolute atomic E-state index is 12.5. The summed E-state index contributed by atoms with van der Waals surface area (Å²) in [6, 6.07) is 9.98. The lowest BCUT2D eigenvalue weighted by Gasteiger charge is -2.38. The van der Waals surface area contributed by atoms with Crippen molar-refractivity contribution in [3.63, 3.8) is 0 Å². The Morgan fingerprint density at radius 3 is 2.78 bits per heavy atom. The summed E-state index contributed by atoms with van der Waals surface area (Å²) >= 11 is 0. The van der Waals surface area contributed by atoms with Gasteiger partial charge >= 0.3 is 5.97 Å². The van der Waals surface area contributed by atoms with Crippen molar-refractivity contribution in [3.05, 3.63) is 35.9 Å². The average molecular weight is 315 g/mol. The van der Waals surface area contributed by atoms with E-state index < -0.39 is 5.41 Å². The average Bonchev–Trinajstić information content (AvgIpc) is 2.84. The molecule has 4 heteroatoms. The van der Waals surface area contributed by atoms with Gasteiger partial charge in [0.15, 0.2) is 0 Å². The molecule has 0 amide bonds. The first-order chi connectivity index (χ1) is 11.1. The summed E-state index contributed by atoms with van der Waals surface area (Å²) in [5, 5.41) is 0. The number of carbonyl (C=O) groups excluding carboxylic acids is 2. The molecule has 4 nitrogen and oxygen atoms in total. The normalized spacial score (nSPS) is 31.0. The molecule has 0 unspecified atom stereocenters. The standard InChI is InChI=1S/C19H25NO3/c1-3-23-18(22)15-12-19(2)16(10-7-11-17(19)21)20(15)13-14-8-5-4-6-9-14/h4-6,8-9,15-16H,3,7,10-13H2,1-2H3/t15-,16-,19-/m1/s1. The Morgan fingerprint density at radius 2 is 2.09 bits per heavy atom. The molecule has 23 heavy (non-hydrogen) atoms. The first-order valence-electron chi connectivity index (χ1n) is 8.56. The number of likely N-dealkylation sites (tertiary alicyclic amines) is 1. The van der Waals surface area contributed by atoms with Crippen molar-refractivity contribution < 1.29 is 14.3 Å². The van der Waals surface area contributed by atoms with Crippen LogP contribution in [-0.2, 0) is 20.9 Å². The molecule has 3 atom stereocenters. The van der Waals surface area contributed by atoms with Crippen LogP contribution in [0.5, 0.6) is 0 Å². The van der Waals surface area contributed by atoms with Crippen LogP contribution in [0.2, 0.25) is 0 Å². The minimum atomic E-state index is -0.412. The number of rotatable bonds is 4. The number of carbonyl (C=O) groups is 2. The Hall–Kier alpha value is -1.68. The Bertz CT molecular complexity index is 586. The first kappa shape index (κ1) is 16.2. The molecule has 0 radical (unpaired) electrons. The van der Waals surface area contributed by atoms with Crippen molar-refractivity contribution in [2.75, 3.05) is 6.61 Å². The quantitative estimate of drug-likeness (QED) is 0.802. The highest BCUT2D eigenvalue weighted by atomic mass is 16.5. The minimum Gasteiger partial charge on any atom is -0.465 e. The van der Waals surface area contributed by atoms with Crippen LogP contribution in [0.25, 0.3) is 0 Å². The van der Waals surface area contributed by atoms with Crippen molar-refractivity contribution >= 4 is 11.8 Å². The summed E-state index contributed by atoms with van der Waals surface area (Å²) in [5.74, 6) is 0.116. The SMILES string of the molecule is CCOC(=O)[C@H]1C[C@@]2(C)C(=O)CCC[C@H]2N1Cc1ccccc1. The summed E-state index contributed by atoms with van der Waals surface area (Å²) < 4.78 is 5.29.